The lowest BCUT2D eigenvalue weighted by atomic mass is 10.2. The van der Waals surface area contributed by atoms with E-state index in [1.54, 1.807) is 24.1 Å². The van der Waals surface area contributed by atoms with E-state index in [1.807, 2.05) is 6.07 Å². The fourth-order valence-corrected chi connectivity index (χ4v) is 2.10. The standard InChI is InChI=1S/C12H14Br2ClNO/c1-8(13)5-6-16(2)12(17)10-7-9(14)3-4-11(10)15/h3-4,7-8H,5-6H2,1-2H3. The van der Waals surface area contributed by atoms with Crippen molar-refractivity contribution in [2.45, 2.75) is 18.2 Å². The molecule has 17 heavy (non-hydrogen) atoms. The van der Waals surface area contributed by atoms with E-state index in [0.717, 1.165) is 10.9 Å². The molecule has 0 aliphatic carbocycles. The number of rotatable bonds is 4. The minimum atomic E-state index is -0.0514. The SMILES string of the molecule is CC(Br)CCN(C)C(=O)c1cc(Br)ccc1Cl. The van der Waals surface area contributed by atoms with Gasteiger partial charge in [0, 0.05) is 22.9 Å². The topological polar surface area (TPSA) is 20.3 Å². The van der Waals surface area contributed by atoms with Crippen LogP contribution >= 0.6 is 43.5 Å². The van der Waals surface area contributed by atoms with Gasteiger partial charge in [0.1, 0.15) is 0 Å². The molecule has 0 saturated carbocycles. The highest BCUT2D eigenvalue weighted by atomic mass is 79.9. The second-order valence-electron chi connectivity index (χ2n) is 3.92. The first kappa shape index (κ1) is 15.0. The van der Waals surface area contributed by atoms with Crippen LogP contribution in [0.25, 0.3) is 0 Å². The van der Waals surface area contributed by atoms with Gasteiger partial charge in [0.2, 0.25) is 0 Å². The molecule has 0 bridgehead atoms. The molecular formula is C12H14Br2ClNO. The number of carbonyl (C=O) groups excluding carboxylic acids is 1. The van der Waals surface area contributed by atoms with Crippen molar-refractivity contribution in [1.29, 1.82) is 0 Å². The molecule has 0 aliphatic heterocycles. The number of halogens is 3. The van der Waals surface area contributed by atoms with Crippen LogP contribution in [-0.4, -0.2) is 29.2 Å². The third-order valence-electron chi connectivity index (χ3n) is 2.37. The second kappa shape index (κ2) is 6.76. The summed E-state index contributed by atoms with van der Waals surface area (Å²) in [6, 6.07) is 5.29. The van der Waals surface area contributed by atoms with Gasteiger partial charge in [0.05, 0.1) is 10.6 Å². The van der Waals surface area contributed by atoms with Gasteiger partial charge in [-0.1, -0.05) is 50.4 Å². The maximum atomic E-state index is 12.1. The maximum Gasteiger partial charge on any atom is 0.255 e. The molecule has 1 aromatic carbocycles. The van der Waals surface area contributed by atoms with Crippen molar-refractivity contribution in [2.75, 3.05) is 13.6 Å². The smallest absolute Gasteiger partial charge is 0.255 e. The van der Waals surface area contributed by atoms with E-state index in [9.17, 15) is 4.79 Å². The fraction of sp³-hybridized carbons (Fsp3) is 0.417. The Bertz CT molecular complexity index is 409. The number of nitrogens with zero attached hydrogens (tertiary/aromatic N) is 1. The van der Waals surface area contributed by atoms with Gasteiger partial charge in [0.15, 0.2) is 0 Å². The van der Waals surface area contributed by atoms with Gasteiger partial charge in [-0.15, -0.1) is 0 Å². The Kier molecular flexibility index (Phi) is 5.97. The molecule has 0 saturated heterocycles. The lowest BCUT2D eigenvalue weighted by Gasteiger charge is -2.18. The van der Waals surface area contributed by atoms with E-state index >= 15 is 0 Å². The summed E-state index contributed by atoms with van der Waals surface area (Å²) in [6.07, 6.45) is 0.911. The summed E-state index contributed by atoms with van der Waals surface area (Å²) in [6.45, 7) is 2.76. The third-order valence-corrected chi connectivity index (χ3v) is 3.65. The summed E-state index contributed by atoms with van der Waals surface area (Å²) < 4.78 is 0.854. The van der Waals surface area contributed by atoms with Crippen molar-refractivity contribution in [1.82, 2.24) is 4.90 Å². The molecule has 0 aliphatic rings. The van der Waals surface area contributed by atoms with Crippen molar-refractivity contribution in [3.63, 3.8) is 0 Å². The summed E-state index contributed by atoms with van der Waals surface area (Å²) in [5, 5.41) is 0.483. The van der Waals surface area contributed by atoms with E-state index in [0.29, 0.717) is 22.0 Å². The van der Waals surface area contributed by atoms with Crippen molar-refractivity contribution in [2.24, 2.45) is 0 Å². The van der Waals surface area contributed by atoms with Crippen molar-refractivity contribution in [3.8, 4) is 0 Å². The zero-order valence-electron chi connectivity index (χ0n) is 9.71. The number of amides is 1. The van der Waals surface area contributed by atoms with Crippen LogP contribution in [0.15, 0.2) is 22.7 Å². The Morgan fingerprint density at radius 3 is 2.76 bits per heavy atom. The minimum absolute atomic E-state index is 0.0514. The maximum absolute atomic E-state index is 12.1. The van der Waals surface area contributed by atoms with E-state index < -0.39 is 0 Å². The molecule has 1 atom stereocenters. The molecule has 0 radical (unpaired) electrons. The molecule has 1 unspecified atom stereocenters. The fourth-order valence-electron chi connectivity index (χ4n) is 1.34. The van der Waals surface area contributed by atoms with Gasteiger partial charge in [0.25, 0.3) is 5.91 Å². The lowest BCUT2D eigenvalue weighted by Crippen LogP contribution is -2.29. The molecule has 94 valence electrons. The lowest BCUT2D eigenvalue weighted by molar-refractivity contribution is 0.0794. The first-order chi connectivity index (χ1) is 7.91. The molecule has 2 nitrogen and oxygen atoms in total. The molecule has 5 heteroatoms. The molecule has 0 N–H and O–H groups in total. The Hall–Kier alpha value is -0.0600. The Balaban J connectivity index is 2.78. The van der Waals surface area contributed by atoms with E-state index in [-0.39, 0.29) is 5.91 Å². The van der Waals surface area contributed by atoms with Crippen LogP contribution in [0.1, 0.15) is 23.7 Å². The van der Waals surface area contributed by atoms with Gasteiger partial charge in [-0.3, -0.25) is 4.79 Å². The molecular weight excluding hydrogens is 369 g/mol. The summed E-state index contributed by atoms with van der Waals surface area (Å²) in [5.74, 6) is -0.0514. The highest BCUT2D eigenvalue weighted by Gasteiger charge is 2.15. The highest BCUT2D eigenvalue weighted by molar-refractivity contribution is 9.10. The van der Waals surface area contributed by atoms with Crippen molar-refractivity contribution < 1.29 is 4.79 Å². The molecule has 1 aromatic rings. The number of alkyl halides is 1. The predicted molar refractivity (Wildman–Crippen MR) is 79.1 cm³/mol. The van der Waals surface area contributed by atoms with Crippen molar-refractivity contribution in [3.05, 3.63) is 33.3 Å². The van der Waals surface area contributed by atoms with Gasteiger partial charge in [-0.05, 0) is 24.6 Å². The molecule has 0 fully saturated rings. The minimum Gasteiger partial charge on any atom is -0.342 e. The number of carbonyl (C=O) groups is 1. The first-order valence-electron chi connectivity index (χ1n) is 5.26. The largest absolute Gasteiger partial charge is 0.342 e. The number of benzene rings is 1. The van der Waals surface area contributed by atoms with Crippen molar-refractivity contribution >= 4 is 49.4 Å². The van der Waals surface area contributed by atoms with E-state index in [2.05, 4.69) is 38.8 Å². The number of hydrogen-bond donors (Lipinski definition) is 0. The zero-order valence-corrected chi connectivity index (χ0v) is 13.6. The van der Waals surface area contributed by atoms with Crippen LogP contribution in [-0.2, 0) is 0 Å². The zero-order chi connectivity index (χ0) is 13.0. The summed E-state index contributed by atoms with van der Waals surface area (Å²) in [4.78, 5) is 14.2. The second-order valence-corrected chi connectivity index (χ2v) is 6.81. The quantitative estimate of drug-likeness (QED) is 0.708. The molecule has 1 rings (SSSR count). The van der Waals surface area contributed by atoms with Crippen LogP contribution in [0.2, 0.25) is 5.02 Å². The summed E-state index contributed by atoms with van der Waals surface area (Å²) in [5.41, 5.74) is 0.533. The Labute approximate surface area is 124 Å². The predicted octanol–water partition coefficient (Wildman–Crippen LogP) is 4.35. The average Bonchev–Trinajstić information content (AvgIpc) is 2.28. The molecule has 0 spiro atoms. The summed E-state index contributed by atoms with van der Waals surface area (Å²) >= 11 is 12.8. The average molecular weight is 384 g/mol. The van der Waals surface area contributed by atoms with Crippen LogP contribution in [0.3, 0.4) is 0 Å². The molecule has 0 aromatic heterocycles. The van der Waals surface area contributed by atoms with Crippen LogP contribution in [0.4, 0.5) is 0 Å². The van der Waals surface area contributed by atoms with Crippen LogP contribution < -0.4 is 0 Å². The normalized spacial score (nSPS) is 12.3. The number of hydrogen-bond acceptors (Lipinski definition) is 1. The van der Waals surface area contributed by atoms with Gasteiger partial charge >= 0.3 is 0 Å². The molecule has 1 amide bonds. The van der Waals surface area contributed by atoms with Gasteiger partial charge < -0.3 is 4.90 Å². The van der Waals surface area contributed by atoms with Crippen LogP contribution in [0, 0.1) is 0 Å². The third kappa shape index (κ3) is 4.60. The van der Waals surface area contributed by atoms with Gasteiger partial charge in [-0.2, -0.15) is 0 Å². The highest BCUT2D eigenvalue weighted by Crippen LogP contribution is 2.22. The summed E-state index contributed by atoms with van der Waals surface area (Å²) in [7, 11) is 1.79. The van der Waals surface area contributed by atoms with E-state index in [1.165, 1.54) is 0 Å². The molecule has 0 heterocycles. The Morgan fingerprint density at radius 1 is 1.53 bits per heavy atom. The Morgan fingerprint density at radius 2 is 2.18 bits per heavy atom. The van der Waals surface area contributed by atoms with E-state index in [4.69, 9.17) is 11.6 Å². The first-order valence-corrected chi connectivity index (χ1v) is 7.35. The van der Waals surface area contributed by atoms with Gasteiger partial charge in [-0.25, -0.2) is 0 Å². The monoisotopic (exact) mass is 381 g/mol. The van der Waals surface area contributed by atoms with Crippen LogP contribution in [0.5, 0.6) is 0 Å².